The van der Waals surface area contributed by atoms with Crippen molar-refractivity contribution in [1.82, 2.24) is 9.55 Å². The maximum atomic E-state index is 12.8. The molecule has 0 aliphatic carbocycles. The second kappa shape index (κ2) is 9.00. The van der Waals surface area contributed by atoms with Crippen molar-refractivity contribution in [2.75, 3.05) is 6.61 Å². The smallest absolute Gasteiger partial charge is 0.349 e. The SMILES string of the molecule is Cc1c(C(=O)OCc2ccccc2)sc2ncn(CC(=O)OCC(C)C)c(=O)c12. The van der Waals surface area contributed by atoms with E-state index in [1.807, 2.05) is 44.2 Å². The first-order valence-electron chi connectivity index (χ1n) is 9.22. The minimum Gasteiger partial charge on any atom is -0.464 e. The summed E-state index contributed by atoms with van der Waals surface area (Å²) in [5, 5.41) is 0.320. The monoisotopic (exact) mass is 414 g/mol. The molecule has 0 saturated carbocycles. The Labute approximate surface area is 171 Å². The highest BCUT2D eigenvalue weighted by Gasteiger charge is 2.21. The fourth-order valence-electron chi connectivity index (χ4n) is 2.70. The number of benzene rings is 1. The summed E-state index contributed by atoms with van der Waals surface area (Å²) in [6.07, 6.45) is 1.30. The zero-order valence-corrected chi connectivity index (χ0v) is 17.3. The largest absolute Gasteiger partial charge is 0.464 e. The summed E-state index contributed by atoms with van der Waals surface area (Å²) in [4.78, 5) is 42.3. The number of aryl methyl sites for hydroxylation is 1. The van der Waals surface area contributed by atoms with Gasteiger partial charge in [-0.25, -0.2) is 9.78 Å². The van der Waals surface area contributed by atoms with Crippen LogP contribution in [-0.2, 0) is 27.4 Å². The summed E-state index contributed by atoms with van der Waals surface area (Å²) in [5.74, 6) is -0.797. The lowest BCUT2D eigenvalue weighted by atomic mass is 10.2. The van der Waals surface area contributed by atoms with Crippen LogP contribution in [0.1, 0.15) is 34.6 Å². The Hall–Kier alpha value is -3.00. The molecule has 0 atom stereocenters. The van der Waals surface area contributed by atoms with E-state index in [0.717, 1.165) is 16.9 Å². The summed E-state index contributed by atoms with van der Waals surface area (Å²) >= 11 is 1.11. The second-order valence-electron chi connectivity index (χ2n) is 7.05. The molecule has 29 heavy (non-hydrogen) atoms. The minimum absolute atomic E-state index is 0.146. The Bertz CT molecular complexity index is 1090. The maximum Gasteiger partial charge on any atom is 0.349 e. The van der Waals surface area contributed by atoms with Crippen LogP contribution in [-0.4, -0.2) is 28.1 Å². The third-order valence-corrected chi connectivity index (χ3v) is 5.37. The predicted molar refractivity (Wildman–Crippen MR) is 110 cm³/mol. The number of esters is 2. The highest BCUT2D eigenvalue weighted by atomic mass is 32.1. The van der Waals surface area contributed by atoms with Crippen LogP contribution in [0.5, 0.6) is 0 Å². The van der Waals surface area contributed by atoms with E-state index >= 15 is 0 Å². The first kappa shape index (κ1) is 20.7. The number of ether oxygens (including phenoxy) is 2. The van der Waals surface area contributed by atoms with Crippen LogP contribution in [0.4, 0.5) is 0 Å². The summed E-state index contributed by atoms with van der Waals surface area (Å²) in [6, 6.07) is 9.35. The van der Waals surface area contributed by atoms with Crippen molar-refractivity contribution in [3.8, 4) is 0 Å². The van der Waals surface area contributed by atoms with Crippen LogP contribution in [0, 0.1) is 12.8 Å². The normalized spacial score (nSPS) is 11.0. The van der Waals surface area contributed by atoms with Crippen LogP contribution >= 0.6 is 11.3 Å². The van der Waals surface area contributed by atoms with Crippen molar-refractivity contribution in [2.24, 2.45) is 5.92 Å². The highest BCUT2D eigenvalue weighted by molar-refractivity contribution is 7.20. The van der Waals surface area contributed by atoms with E-state index in [4.69, 9.17) is 9.47 Å². The second-order valence-corrected chi connectivity index (χ2v) is 8.05. The lowest BCUT2D eigenvalue weighted by Gasteiger charge is -2.08. The Morgan fingerprint density at radius 3 is 2.59 bits per heavy atom. The number of nitrogens with zero attached hydrogens (tertiary/aromatic N) is 2. The van der Waals surface area contributed by atoms with Crippen LogP contribution < -0.4 is 5.56 Å². The molecule has 0 aliphatic heterocycles. The lowest BCUT2D eigenvalue weighted by Crippen LogP contribution is -2.26. The van der Waals surface area contributed by atoms with Crippen LogP contribution in [0.3, 0.4) is 0 Å². The van der Waals surface area contributed by atoms with E-state index in [2.05, 4.69) is 4.98 Å². The van der Waals surface area contributed by atoms with E-state index < -0.39 is 11.9 Å². The lowest BCUT2D eigenvalue weighted by molar-refractivity contribution is -0.145. The van der Waals surface area contributed by atoms with Gasteiger partial charge in [-0.1, -0.05) is 44.2 Å². The number of thiophene rings is 1. The van der Waals surface area contributed by atoms with Gasteiger partial charge in [0.25, 0.3) is 5.56 Å². The Morgan fingerprint density at radius 2 is 1.90 bits per heavy atom. The third kappa shape index (κ3) is 4.89. The molecule has 0 amide bonds. The molecular formula is C21H22N2O5S. The fraction of sp³-hybridized carbons (Fsp3) is 0.333. The molecule has 0 bridgehead atoms. The average Bonchev–Trinajstić information content (AvgIpc) is 3.05. The van der Waals surface area contributed by atoms with Gasteiger partial charge in [0, 0.05) is 0 Å². The molecular weight excluding hydrogens is 392 g/mol. The molecule has 0 fully saturated rings. The number of carbonyl (C=O) groups excluding carboxylic acids is 2. The molecule has 2 aromatic heterocycles. The average molecular weight is 414 g/mol. The summed E-state index contributed by atoms with van der Waals surface area (Å²) < 4.78 is 11.7. The van der Waals surface area contributed by atoms with E-state index in [1.165, 1.54) is 10.9 Å². The molecule has 0 N–H and O–H groups in total. The number of carbonyl (C=O) groups is 2. The molecule has 3 rings (SSSR count). The van der Waals surface area contributed by atoms with Crippen LogP contribution in [0.25, 0.3) is 10.2 Å². The first-order chi connectivity index (χ1) is 13.9. The maximum absolute atomic E-state index is 12.8. The van der Waals surface area contributed by atoms with Gasteiger partial charge in [-0.05, 0) is 24.0 Å². The molecule has 3 aromatic rings. The molecule has 0 aliphatic rings. The van der Waals surface area contributed by atoms with Crippen molar-refractivity contribution >= 4 is 33.5 Å². The van der Waals surface area contributed by atoms with Crippen molar-refractivity contribution in [2.45, 2.75) is 33.9 Å². The fourth-order valence-corrected chi connectivity index (χ4v) is 3.73. The summed E-state index contributed by atoms with van der Waals surface area (Å²) in [7, 11) is 0. The van der Waals surface area contributed by atoms with Gasteiger partial charge >= 0.3 is 11.9 Å². The van der Waals surface area contributed by atoms with Gasteiger partial charge in [-0.15, -0.1) is 11.3 Å². The van der Waals surface area contributed by atoms with Crippen molar-refractivity contribution in [3.63, 3.8) is 0 Å². The van der Waals surface area contributed by atoms with Gasteiger partial charge in [-0.3, -0.25) is 14.2 Å². The highest BCUT2D eigenvalue weighted by Crippen LogP contribution is 2.27. The van der Waals surface area contributed by atoms with Gasteiger partial charge in [0.05, 0.1) is 18.3 Å². The molecule has 8 heteroatoms. The van der Waals surface area contributed by atoms with Gasteiger partial charge in [-0.2, -0.15) is 0 Å². The van der Waals surface area contributed by atoms with Gasteiger partial charge < -0.3 is 9.47 Å². The molecule has 152 valence electrons. The van der Waals surface area contributed by atoms with Crippen molar-refractivity contribution in [1.29, 1.82) is 0 Å². The van der Waals surface area contributed by atoms with E-state index in [0.29, 0.717) is 20.7 Å². The third-order valence-electron chi connectivity index (χ3n) is 4.19. The minimum atomic E-state index is -0.503. The molecule has 0 unspecified atom stereocenters. The molecule has 2 heterocycles. The van der Waals surface area contributed by atoms with Gasteiger partial charge in [0.1, 0.15) is 22.9 Å². The number of hydrogen-bond donors (Lipinski definition) is 0. The number of rotatable bonds is 7. The molecule has 1 aromatic carbocycles. The quantitative estimate of drug-likeness (QED) is 0.551. The Morgan fingerprint density at radius 1 is 1.17 bits per heavy atom. The van der Waals surface area contributed by atoms with Crippen molar-refractivity contribution in [3.05, 3.63) is 63.0 Å². The standard InChI is InChI=1S/C21H22N2O5S/c1-13(2)10-27-16(24)9-23-12-22-19-17(20(23)25)14(3)18(29-19)21(26)28-11-15-7-5-4-6-8-15/h4-8,12-13H,9-11H2,1-3H3. The van der Waals surface area contributed by atoms with Crippen LogP contribution in [0.15, 0.2) is 41.5 Å². The Balaban J connectivity index is 1.80. The van der Waals surface area contributed by atoms with E-state index in [9.17, 15) is 14.4 Å². The number of hydrogen-bond acceptors (Lipinski definition) is 7. The van der Waals surface area contributed by atoms with Crippen molar-refractivity contribution < 1.29 is 19.1 Å². The summed E-state index contributed by atoms with van der Waals surface area (Å²) in [6.45, 7) is 5.76. The van der Waals surface area contributed by atoms with Gasteiger partial charge in [0.15, 0.2) is 0 Å². The first-order valence-corrected chi connectivity index (χ1v) is 10.0. The summed E-state index contributed by atoms with van der Waals surface area (Å²) in [5.41, 5.74) is 0.998. The molecule has 0 radical (unpaired) electrons. The number of aromatic nitrogens is 2. The zero-order chi connectivity index (χ0) is 21.0. The molecule has 7 nitrogen and oxygen atoms in total. The van der Waals surface area contributed by atoms with Crippen LogP contribution in [0.2, 0.25) is 0 Å². The molecule has 0 saturated heterocycles. The predicted octanol–water partition coefficient (Wildman–Crippen LogP) is 3.32. The zero-order valence-electron chi connectivity index (χ0n) is 16.5. The number of fused-ring (bicyclic) bond motifs is 1. The van der Waals surface area contributed by atoms with E-state index in [1.54, 1.807) is 6.92 Å². The Kier molecular flexibility index (Phi) is 6.43. The van der Waals surface area contributed by atoms with E-state index in [-0.39, 0.29) is 31.2 Å². The van der Waals surface area contributed by atoms with Gasteiger partial charge in [0.2, 0.25) is 0 Å². The molecule has 0 spiro atoms. The topological polar surface area (TPSA) is 87.5 Å².